The average molecular weight is 271 g/mol. The number of piperidine rings is 1. The fraction of sp³-hybridized carbons (Fsp3) is 0.500. The highest BCUT2D eigenvalue weighted by molar-refractivity contribution is 6.32. The number of ether oxygens (including phenoxy) is 1. The standard InChI is InChI=1S/C12H15ClN2O3/c13-10-5-3-6-11(12(10)15(16)17)18-8-9-4-1-2-7-14-9/h3,5-6,9,14H,1-2,4,7-8H2. The van der Waals surface area contributed by atoms with E-state index in [0.717, 1.165) is 13.0 Å². The third-order valence-electron chi connectivity index (χ3n) is 2.98. The van der Waals surface area contributed by atoms with Crippen molar-refractivity contribution in [1.29, 1.82) is 0 Å². The third-order valence-corrected chi connectivity index (χ3v) is 3.29. The number of benzene rings is 1. The lowest BCUT2D eigenvalue weighted by molar-refractivity contribution is -0.385. The molecule has 0 amide bonds. The fourth-order valence-electron chi connectivity index (χ4n) is 2.05. The first-order valence-electron chi connectivity index (χ1n) is 5.97. The van der Waals surface area contributed by atoms with E-state index in [1.807, 2.05) is 0 Å². The van der Waals surface area contributed by atoms with E-state index in [-0.39, 0.29) is 22.5 Å². The molecular weight excluding hydrogens is 256 g/mol. The number of hydrogen-bond donors (Lipinski definition) is 1. The molecule has 0 saturated carbocycles. The molecular formula is C12H15ClN2O3. The van der Waals surface area contributed by atoms with Crippen LogP contribution in [-0.4, -0.2) is 24.1 Å². The van der Waals surface area contributed by atoms with Gasteiger partial charge in [0.2, 0.25) is 0 Å². The van der Waals surface area contributed by atoms with Gasteiger partial charge in [-0.1, -0.05) is 24.1 Å². The van der Waals surface area contributed by atoms with Crippen molar-refractivity contribution >= 4 is 17.3 Å². The SMILES string of the molecule is O=[N+]([O-])c1c(Cl)cccc1OCC1CCCCN1. The zero-order valence-electron chi connectivity index (χ0n) is 9.89. The Kier molecular flexibility index (Phi) is 4.38. The Bertz CT molecular complexity index is 433. The predicted octanol–water partition coefficient (Wildman–Crippen LogP) is 2.77. The smallest absolute Gasteiger partial charge is 0.329 e. The van der Waals surface area contributed by atoms with Crippen LogP contribution in [0.25, 0.3) is 0 Å². The summed E-state index contributed by atoms with van der Waals surface area (Å²) in [5, 5.41) is 14.3. The van der Waals surface area contributed by atoms with Crippen LogP contribution in [0.3, 0.4) is 0 Å². The van der Waals surface area contributed by atoms with Crippen molar-refractivity contribution in [3.8, 4) is 5.75 Å². The van der Waals surface area contributed by atoms with Gasteiger partial charge >= 0.3 is 5.69 Å². The fourth-order valence-corrected chi connectivity index (χ4v) is 2.28. The molecule has 18 heavy (non-hydrogen) atoms. The summed E-state index contributed by atoms with van der Waals surface area (Å²) in [4.78, 5) is 10.4. The van der Waals surface area contributed by atoms with Crippen LogP contribution in [0, 0.1) is 10.1 Å². The topological polar surface area (TPSA) is 64.4 Å². The van der Waals surface area contributed by atoms with E-state index < -0.39 is 4.92 Å². The number of rotatable bonds is 4. The lowest BCUT2D eigenvalue weighted by atomic mass is 10.1. The van der Waals surface area contributed by atoms with Gasteiger partial charge in [-0.15, -0.1) is 0 Å². The number of nitrogens with zero attached hydrogens (tertiary/aromatic N) is 1. The maximum absolute atomic E-state index is 10.9. The van der Waals surface area contributed by atoms with Gasteiger partial charge in [0.05, 0.1) is 4.92 Å². The highest BCUT2D eigenvalue weighted by Crippen LogP contribution is 2.34. The van der Waals surface area contributed by atoms with E-state index in [1.165, 1.54) is 18.9 Å². The molecule has 1 aliphatic rings. The predicted molar refractivity (Wildman–Crippen MR) is 69.2 cm³/mol. The van der Waals surface area contributed by atoms with Crippen LogP contribution in [0.2, 0.25) is 5.02 Å². The quantitative estimate of drug-likeness (QED) is 0.675. The molecule has 0 aliphatic carbocycles. The molecule has 6 heteroatoms. The monoisotopic (exact) mass is 270 g/mol. The van der Waals surface area contributed by atoms with Gasteiger partial charge in [0.15, 0.2) is 5.75 Å². The number of nitro groups is 1. The van der Waals surface area contributed by atoms with Gasteiger partial charge in [-0.25, -0.2) is 0 Å². The van der Waals surface area contributed by atoms with Gasteiger partial charge in [0.25, 0.3) is 0 Å². The van der Waals surface area contributed by atoms with Crippen LogP contribution >= 0.6 is 11.6 Å². The molecule has 1 fully saturated rings. The van der Waals surface area contributed by atoms with E-state index in [1.54, 1.807) is 12.1 Å². The van der Waals surface area contributed by atoms with Crippen molar-refractivity contribution in [2.45, 2.75) is 25.3 Å². The van der Waals surface area contributed by atoms with Crippen LogP contribution < -0.4 is 10.1 Å². The number of hydrogen-bond acceptors (Lipinski definition) is 4. The number of halogens is 1. The molecule has 0 aromatic heterocycles. The minimum absolute atomic E-state index is 0.106. The molecule has 1 heterocycles. The highest BCUT2D eigenvalue weighted by atomic mass is 35.5. The van der Waals surface area contributed by atoms with Crippen LogP contribution in [0.4, 0.5) is 5.69 Å². The first-order valence-corrected chi connectivity index (χ1v) is 6.35. The van der Waals surface area contributed by atoms with Crippen LogP contribution in [0.15, 0.2) is 18.2 Å². The van der Waals surface area contributed by atoms with Gasteiger partial charge in [0, 0.05) is 6.04 Å². The van der Waals surface area contributed by atoms with Crippen molar-refractivity contribution in [1.82, 2.24) is 5.32 Å². The second kappa shape index (κ2) is 6.02. The summed E-state index contributed by atoms with van der Waals surface area (Å²) in [5.41, 5.74) is -0.157. The van der Waals surface area contributed by atoms with E-state index in [9.17, 15) is 10.1 Å². The second-order valence-corrected chi connectivity index (χ2v) is 4.71. The summed E-state index contributed by atoms with van der Waals surface area (Å²) in [6.07, 6.45) is 3.38. The van der Waals surface area contributed by atoms with Crippen molar-refractivity contribution in [2.24, 2.45) is 0 Å². The van der Waals surface area contributed by atoms with Gasteiger partial charge in [-0.05, 0) is 31.5 Å². The third kappa shape index (κ3) is 3.11. The van der Waals surface area contributed by atoms with Crippen molar-refractivity contribution in [2.75, 3.05) is 13.2 Å². The summed E-state index contributed by atoms with van der Waals surface area (Å²) in [7, 11) is 0. The minimum atomic E-state index is -0.508. The molecule has 0 spiro atoms. The Morgan fingerprint density at radius 2 is 2.33 bits per heavy atom. The molecule has 1 unspecified atom stereocenters. The molecule has 0 radical (unpaired) electrons. The minimum Gasteiger partial charge on any atom is -0.485 e. The van der Waals surface area contributed by atoms with Crippen molar-refractivity contribution < 1.29 is 9.66 Å². The van der Waals surface area contributed by atoms with Crippen LogP contribution in [0.5, 0.6) is 5.75 Å². The maximum Gasteiger partial charge on any atom is 0.329 e. The Morgan fingerprint density at radius 3 is 3.00 bits per heavy atom. The van der Waals surface area contributed by atoms with E-state index in [0.29, 0.717) is 6.61 Å². The van der Waals surface area contributed by atoms with Gasteiger partial charge < -0.3 is 10.1 Å². The molecule has 1 aliphatic heterocycles. The molecule has 1 N–H and O–H groups in total. The van der Waals surface area contributed by atoms with E-state index in [2.05, 4.69) is 5.32 Å². The Balaban J connectivity index is 2.04. The molecule has 5 nitrogen and oxygen atoms in total. The zero-order valence-corrected chi connectivity index (χ0v) is 10.7. The molecule has 2 rings (SSSR count). The number of nitrogens with one attached hydrogen (secondary N) is 1. The Hall–Kier alpha value is -1.33. The Labute approximate surface area is 110 Å². The molecule has 1 aromatic rings. The molecule has 98 valence electrons. The summed E-state index contributed by atoms with van der Waals surface area (Å²) >= 11 is 5.81. The van der Waals surface area contributed by atoms with Gasteiger partial charge in [-0.3, -0.25) is 10.1 Å². The van der Waals surface area contributed by atoms with Crippen molar-refractivity contribution in [3.63, 3.8) is 0 Å². The molecule has 0 bridgehead atoms. The number of para-hydroxylation sites is 1. The molecule has 1 atom stereocenters. The Morgan fingerprint density at radius 1 is 1.50 bits per heavy atom. The summed E-state index contributed by atoms with van der Waals surface area (Å²) in [6, 6.07) is 4.98. The van der Waals surface area contributed by atoms with E-state index >= 15 is 0 Å². The van der Waals surface area contributed by atoms with Gasteiger partial charge in [-0.2, -0.15) is 0 Å². The summed E-state index contributed by atoms with van der Waals surface area (Å²) in [6.45, 7) is 1.41. The average Bonchev–Trinajstić information content (AvgIpc) is 2.37. The highest BCUT2D eigenvalue weighted by Gasteiger charge is 2.21. The molecule has 1 aromatic carbocycles. The first-order chi connectivity index (χ1) is 8.68. The lowest BCUT2D eigenvalue weighted by Crippen LogP contribution is -2.38. The van der Waals surface area contributed by atoms with E-state index in [4.69, 9.17) is 16.3 Å². The largest absolute Gasteiger partial charge is 0.485 e. The summed E-state index contributed by atoms with van der Waals surface area (Å²) in [5.74, 6) is 0.236. The van der Waals surface area contributed by atoms with Gasteiger partial charge in [0.1, 0.15) is 11.6 Å². The maximum atomic E-state index is 10.9. The van der Waals surface area contributed by atoms with Crippen molar-refractivity contribution in [3.05, 3.63) is 33.3 Å². The lowest BCUT2D eigenvalue weighted by Gasteiger charge is -2.23. The first kappa shape index (κ1) is 13.1. The van der Waals surface area contributed by atoms with Crippen LogP contribution in [-0.2, 0) is 0 Å². The second-order valence-electron chi connectivity index (χ2n) is 4.30. The zero-order chi connectivity index (χ0) is 13.0. The summed E-state index contributed by atoms with van der Waals surface area (Å²) < 4.78 is 5.53. The normalized spacial score (nSPS) is 19.5. The molecule has 1 saturated heterocycles. The number of nitro benzene ring substituents is 1. The van der Waals surface area contributed by atoms with Crippen LogP contribution in [0.1, 0.15) is 19.3 Å².